The van der Waals surface area contributed by atoms with Crippen molar-refractivity contribution in [2.24, 2.45) is 5.92 Å². The maximum absolute atomic E-state index is 13.9. The largest absolute Gasteiger partial charge is 0.465 e. The van der Waals surface area contributed by atoms with Crippen molar-refractivity contribution >= 4 is 17.8 Å². The maximum Gasteiger partial charge on any atom is 0.337 e. The molecule has 42 heavy (non-hydrogen) atoms. The van der Waals surface area contributed by atoms with Crippen molar-refractivity contribution in [2.45, 2.75) is 31.8 Å². The van der Waals surface area contributed by atoms with Crippen molar-refractivity contribution in [3.8, 4) is 11.1 Å². The van der Waals surface area contributed by atoms with Gasteiger partial charge in [0.25, 0.3) is 5.91 Å². The first-order valence-electron chi connectivity index (χ1n) is 14.1. The van der Waals surface area contributed by atoms with Gasteiger partial charge in [-0.3, -0.25) is 9.59 Å². The molecule has 7 heteroatoms. The number of esters is 1. The number of methoxy groups -OCH3 is 1. The van der Waals surface area contributed by atoms with E-state index in [4.69, 9.17) is 4.74 Å². The monoisotopic (exact) mass is 562 g/mol. The van der Waals surface area contributed by atoms with Crippen molar-refractivity contribution in [3.63, 3.8) is 0 Å². The van der Waals surface area contributed by atoms with Gasteiger partial charge in [0.2, 0.25) is 5.91 Å². The van der Waals surface area contributed by atoms with Crippen LogP contribution in [-0.2, 0) is 29.0 Å². The SMILES string of the molecule is COC(=O)c1cccc(-c2ccc(CNC(=O)C3CC3c3ccccc3)c3c2CCN(C(=O)c2cccc(F)c2)C3)c1. The lowest BCUT2D eigenvalue weighted by atomic mass is 9.87. The summed E-state index contributed by atoms with van der Waals surface area (Å²) in [5.41, 5.74) is 6.74. The molecule has 2 atom stereocenters. The van der Waals surface area contributed by atoms with E-state index in [-0.39, 0.29) is 23.7 Å². The summed E-state index contributed by atoms with van der Waals surface area (Å²) in [5, 5.41) is 3.13. The summed E-state index contributed by atoms with van der Waals surface area (Å²) in [6.07, 6.45) is 1.41. The minimum atomic E-state index is -0.455. The van der Waals surface area contributed by atoms with Gasteiger partial charge in [-0.05, 0) is 82.5 Å². The molecule has 1 aliphatic carbocycles. The summed E-state index contributed by atoms with van der Waals surface area (Å²) in [7, 11) is 1.36. The molecular formula is C35H31FN2O4. The molecule has 0 bridgehead atoms. The highest BCUT2D eigenvalue weighted by Crippen LogP contribution is 2.47. The summed E-state index contributed by atoms with van der Waals surface area (Å²) in [6.45, 7) is 1.13. The number of amides is 2. The van der Waals surface area contributed by atoms with Crippen LogP contribution in [0.4, 0.5) is 4.39 Å². The number of fused-ring (bicyclic) bond motifs is 1. The summed E-state index contributed by atoms with van der Waals surface area (Å²) >= 11 is 0. The zero-order chi connectivity index (χ0) is 29.2. The zero-order valence-corrected chi connectivity index (χ0v) is 23.3. The van der Waals surface area contributed by atoms with Gasteiger partial charge in [0.15, 0.2) is 0 Å². The maximum atomic E-state index is 13.9. The normalized spacial score (nSPS) is 17.2. The van der Waals surface area contributed by atoms with Crippen LogP contribution < -0.4 is 5.32 Å². The quantitative estimate of drug-likeness (QED) is 0.285. The smallest absolute Gasteiger partial charge is 0.337 e. The summed E-state index contributed by atoms with van der Waals surface area (Å²) < 4.78 is 18.8. The van der Waals surface area contributed by atoms with Crippen LogP contribution in [0.25, 0.3) is 11.1 Å². The molecule has 1 heterocycles. The van der Waals surface area contributed by atoms with E-state index in [0.717, 1.165) is 34.2 Å². The second kappa shape index (κ2) is 11.6. The van der Waals surface area contributed by atoms with Gasteiger partial charge in [-0.1, -0.05) is 60.7 Å². The lowest BCUT2D eigenvalue weighted by molar-refractivity contribution is -0.122. The number of nitrogens with one attached hydrogen (secondary N) is 1. The number of nitrogens with zero attached hydrogens (tertiary/aromatic N) is 1. The van der Waals surface area contributed by atoms with E-state index < -0.39 is 11.8 Å². The van der Waals surface area contributed by atoms with Crippen LogP contribution in [0.2, 0.25) is 0 Å². The number of carbonyl (C=O) groups excluding carboxylic acids is 3. The molecule has 2 unspecified atom stereocenters. The molecule has 0 aromatic heterocycles. The molecule has 6 rings (SSSR count). The van der Waals surface area contributed by atoms with Crippen LogP contribution >= 0.6 is 0 Å². The Bertz CT molecular complexity index is 1670. The van der Waals surface area contributed by atoms with E-state index >= 15 is 0 Å². The van der Waals surface area contributed by atoms with Crippen LogP contribution in [0.5, 0.6) is 0 Å². The van der Waals surface area contributed by atoms with Crippen molar-refractivity contribution in [3.05, 3.63) is 130 Å². The third kappa shape index (κ3) is 5.55. The molecule has 1 fully saturated rings. The molecule has 1 N–H and O–H groups in total. The highest BCUT2D eigenvalue weighted by atomic mass is 19.1. The molecule has 0 saturated heterocycles. The van der Waals surface area contributed by atoms with Gasteiger partial charge < -0.3 is 15.0 Å². The third-order valence-electron chi connectivity index (χ3n) is 8.27. The number of halogens is 1. The van der Waals surface area contributed by atoms with Gasteiger partial charge in [0.05, 0.1) is 12.7 Å². The van der Waals surface area contributed by atoms with E-state index in [1.54, 1.807) is 17.0 Å². The first-order valence-corrected chi connectivity index (χ1v) is 14.1. The van der Waals surface area contributed by atoms with Crippen LogP contribution in [0, 0.1) is 11.7 Å². The molecule has 4 aromatic rings. The molecule has 6 nitrogen and oxygen atoms in total. The Hall–Kier alpha value is -4.78. The van der Waals surface area contributed by atoms with Crippen molar-refractivity contribution in [1.82, 2.24) is 10.2 Å². The molecule has 212 valence electrons. The second-order valence-corrected chi connectivity index (χ2v) is 10.9. The van der Waals surface area contributed by atoms with E-state index in [0.29, 0.717) is 37.2 Å². The number of hydrogen-bond acceptors (Lipinski definition) is 4. The molecule has 1 saturated carbocycles. The van der Waals surface area contributed by atoms with E-state index in [1.165, 1.54) is 30.9 Å². The standard InChI is InChI=1S/C35H31FN2O4/c1-42-35(41)25-11-5-9-23(17-25)28-14-13-26(20-37-33(39)31-19-30(31)22-7-3-2-4-8-22)32-21-38(16-15-29(28)32)34(40)24-10-6-12-27(36)18-24/h2-14,17-18,30-31H,15-16,19-21H2,1H3,(H,37,39). The van der Waals surface area contributed by atoms with Gasteiger partial charge in [-0.2, -0.15) is 0 Å². The van der Waals surface area contributed by atoms with Crippen LogP contribution in [-0.4, -0.2) is 36.3 Å². The topological polar surface area (TPSA) is 75.7 Å². The van der Waals surface area contributed by atoms with Crippen LogP contribution in [0.15, 0.2) is 91.0 Å². The summed E-state index contributed by atoms with van der Waals surface area (Å²) in [6, 6.07) is 27.1. The second-order valence-electron chi connectivity index (χ2n) is 10.9. The van der Waals surface area contributed by atoms with E-state index in [1.807, 2.05) is 48.5 Å². The fourth-order valence-electron chi connectivity index (χ4n) is 5.95. The Balaban J connectivity index is 1.28. The Morgan fingerprint density at radius 3 is 2.48 bits per heavy atom. The molecular weight excluding hydrogens is 531 g/mol. The number of benzene rings is 4. The van der Waals surface area contributed by atoms with Gasteiger partial charge in [-0.25, -0.2) is 9.18 Å². The average molecular weight is 563 g/mol. The minimum Gasteiger partial charge on any atom is -0.465 e. The molecule has 2 amide bonds. The van der Waals surface area contributed by atoms with Crippen LogP contribution in [0.3, 0.4) is 0 Å². The van der Waals surface area contributed by atoms with Gasteiger partial charge >= 0.3 is 5.97 Å². The molecule has 0 radical (unpaired) electrons. The first-order chi connectivity index (χ1) is 20.4. The van der Waals surface area contributed by atoms with Gasteiger partial charge in [0.1, 0.15) is 5.82 Å². The van der Waals surface area contributed by atoms with E-state index in [2.05, 4.69) is 17.4 Å². The Morgan fingerprint density at radius 1 is 0.905 bits per heavy atom. The van der Waals surface area contributed by atoms with Crippen LogP contribution in [0.1, 0.15) is 55.3 Å². The Labute approximate surface area is 244 Å². The third-order valence-corrected chi connectivity index (χ3v) is 8.27. The fraction of sp³-hybridized carbons (Fsp3) is 0.229. The number of carbonyl (C=O) groups is 3. The first kappa shape index (κ1) is 27.4. The lowest BCUT2D eigenvalue weighted by Crippen LogP contribution is -2.37. The van der Waals surface area contributed by atoms with Gasteiger partial charge in [-0.15, -0.1) is 0 Å². The molecule has 0 spiro atoms. The zero-order valence-electron chi connectivity index (χ0n) is 23.3. The highest BCUT2D eigenvalue weighted by molar-refractivity contribution is 5.94. The predicted octanol–water partition coefficient (Wildman–Crippen LogP) is 5.90. The number of hydrogen-bond donors (Lipinski definition) is 1. The summed E-state index contributed by atoms with van der Waals surface area (Å²) in [4.78, 5) is 40.4. The molecule has 1 aliphatic heterocycles. The minimum absolute atomic E-state index is 0.0240. The summed E-state index contributed by atoms with van der Waals surface area (Å²) in [5.74, 6) is -0.888. The number of rotatable bonds is 7. The van der Waals surface area contributed by atoms with E-state index in [9.17, 15) is 18.8 Å². The average Bonchev–Trinajstić information content (AvgIpc) is 3.84. The Morgan fingerprint density at radius 2 is 1.69 bits per heavy atom. The van der Waals surface area contributed by atoms with Crippen molar-refractivity contribution in [2.75, 3.05) is 13.7 Å². The number of ether oxygens (including phenoxy) is 1. The lowest BCUT2D eigenvalue weighted by Gasteiger charge is -2.32. The Kier molecular flexibility index (Phi) is 7.57. The fourth-order valence-corrected chi connectivity index (χ4v) is 5.95. The van der Waals surface area contributed by atoms with Gasteiger partial charge in [0, 0.05) is 31.1 Å². The molecule has 4 aromatic carbocycles. The van der Waals surface area contributed by atoms with Crippen molar-refractivity contribution in [1.29, 1.82) is 0 Å². The predicted molar refractivity (Wildman–Crippen MR) is 157 cm³/mol. The van der Waals surface area contributed by atoms with Crippen molar-refractivity contribution < 1.29 is 23.5 Å². The molecule has 2 aliphatic rings. The highest BCUT2D eigenvalue weighted by Gasteiger charge is 2.43.